The third-order valence-corrected chi connectivity index (χ3v) is 6.81. The van der Waals surface area contributed by atoms with E-state index in [4.69, 9.17) is 11.6 Å². The van der Waals surface area contributed by atoms with Crippen molar-refractivity contribution in [2.45, 2.75) is 9.79 Å². The molecule has 34 heavy (non-hydrogen) atoms. The van der Waals surface area contributed by atoms with Crippen molar-refractivity contribution in [1.82, 2.24) is 9.97 Å². The normalized spacial score (nSPS) is 11.3. The molecule has 0 spiro atoms. The molecule has 10 heteroatoms. The minimum absolute atomic E-state index is 0.0565. The Morgan fingerprint density at radius 1 is 0.971 bits per heavy atom. The molecule has 8 nitrogen and oxygen atoms in total. The number of nitrogens with one attached hydrogen (secondary N) is 2. The second-order valence-corrected chi connectivity index (χ2v) is 9.40. The molecule has 168 valence electrons. The highest BCUT2D eigenvalue weighted by atomic mass is 35.5. The van der Waals surface area contributed by atoms with Gasteiger partial charge in [0.05, 0.1) is 21.7 Å². The fourth-order valence-electron chi connectivity index (χ4n) is 3.09. The molecule has 0 aliphatic rings. The lowest BCUT2D eigenvalue weighted by molar-refractivity contribution is 0.596. The lowest BCUT2D eigenvalue weighted by atomic mass is 10.1. The largest absolute Gasteiger partial charge is 0.290 e. The lowest BCUT2D eigenvalue weighted by Gasteiger charge is -2.06. The van der Waals surface area contributed by atoms with Gasteiger partial charge in [0.15, 0.2) is 0 Å². The Bertz CT molecular complexity index is 1560. The third kappa shape index (κ3) is 4.88. The summed E-state index contributed by atoms with van der Waals surface area (Å²) in [6.07, 6.45) is 1.44. The van der Waals surface area contributed by atoms with E-state index in [2.05, 4.69) is 20.5 Å². The quantitative estimate of drug-likeness (QED) is 0.308. The molecule has 4 aromatic rings. The second kappa shape index (κ2) is 9.70. The average Bonchev–Trinajstić information content (AvgIpc) is 2.85. The second-order valence-electron chi connectivity index (χ2n) is 7.01. The van der Waals surface area contributed by atoms with Gasteiger partial charge in [-0.3, -0.25) is 9.78 Å². The molecule has 0 radical (unpaired) electrons. The van der Waals surface area contributed by atoms with Gasteiger partial charge < -0.3 is 0 Å². The Kier molecular flexibility index (Phi) is 6.54. The topological polar surface area (TPSA) is 128 Å². The van der Waals surface area contributed by atoms with E-state index in [1.54, 1.807) is 36.4 Å². The predicted octanol–water partition coefficient (Wildman–Crippen LogP) is 4.24. The van der Waals surface area contributed by atoms with Gasteiger partial charge in [0.2, 0.25) is 15.8 Å². The summed E-state index contributed by atoms with van der Waals surface area (Å²) in [6.45, 7) is 0. The highest BCUT2D eigenvalue weighted by Gasteiger charge is 2.17. The number of H-pyrrole nitrogens is 1. The Balaban J connectivity index is 1.53. The maximum absolute atomic E-state index is 12.7. The van der Waals surface area contributed by atoms with Crippen molar-refractivity contribution in [2.75, 3.05) is 5.43 Å². The number of hydrogen-bond donors (Lipinski definition) is 2. The monoisotopic (exact) mass is 489 g/mol. The number of halogens is 1. The van der Waals surface area contributed by atoms with Crippen LogP contribution in [0.5, 0.6) is 0 Å². The molecule has 1 aromatic heterocycles. The van der Waals surface area contributed by atoms with Crippen LogP contribution in [0.3, 0.4) is 0 Å². The summed E-state index contributed by atoms with van der Waals surface area (Å²) in [6, 6.07) is 22.8. The van der Waals surface area contributed by atoms with Crippen LogP contribution in [-0.4, -0.2) is 24.6 Å². The zero-order valence-corrected chi connectivity index (χ0v) is 19.0. The molecule has 0 aliphatic heterocycles. The van der Waals surface area contributed by atoms with Gasteiger partial charge in [0, 0.05) is 10.6 Å². The van der Waals surface area contributed by atoms with Gasteiger partial charge >= 0.3 is 0 Å². The Hall–Kier alpha value is -4.26. The number of sulfone groups is 1. The summed E-state index contributed by atoms with van der Waals surface area (Å²) in [7, 11) is -3.67. The minimum Gasteiger partial charge on any atom is -0.290 e. The predicted molar refractivity (Wildman–Crippen MR) is 130 cm³/mol. The third-order valence-electron chi connectivity index (χ3n) is 4.78. The number of aromatic nitrogens is 2. The molecule has 4 rings (SSSR count). The summed E-state index contributed by atoms with van der Waals surface area (Å²) >= 11 is 5.83. The standard InChI is InChI=1S/C24H16ClN5O3S/c25-18-8-12-20(13-9-18)34(32,33)19-10-6-16(7-11-19)15-27-30-24-28-22(17-4-2-1-3-5-17)21(14-26)23(31)29-24/h1-13,15H,(H2,28,29,30,31). The van der Waals surface area contributed by atoms with Crippen LogP contribution in [-0.2, 0) is 9.84 Å². The van der Waals surface area contributed by atoms with Crippen molar-refractivity contribution < 1.29 is 8.42 Å². The summed E-state index contributed by atoms with van der Waals surface area (Å²) in [5, 5.41) is 13.8. The molecule has 0 fully saturated rings. The van der Waals surface area contributed by atoms with E-state index in [0.29, 0.717) is 16.1 Å². The van der Waals surface area contributed by atoms with Gasteiger partial charge in [-0.1, -0.05) is 54.1 Å². The van der Waals surface area contributed by atoms with Crippen molar-refractivity contribution in [3.8, 4) is 17.3 Å². The number of hydrazone groups is 1. The summed E-state index contributed by atoms with van der Waals surface area (Å²) in [5.41, 5.74) is 3.41. The van der Waals surface area contributed by atoms with Crippen LogP contribution >= 0.6 is 11.6 Å². The number of hydrogen-bond acceptors (Lipinski definition) is 7. The fourth-order valence-corrected chi connectivity index (χ4v) is 4.47. The summed E-state index contributed by atoms with van der Waals surface area (Å²) in [5.74, 6) is 0.0565. The van der Waals surface area contributed by atoms with E-state index >= 15 is 0 Å². The molecule has 0 atom stereocenters. The van der Waals surface area contributed by atoms with Crippen LogP contribution in [0.25, 0.3) is 11.3 Å². The van der Waals surface area contributed by atoms with Crippen LogP contribution in [0.4, 0.5) is 5.95 Å². The number of nitrogens with zero attached hydrogens (tertiary/aromatic N) is 3. The number of aromatic amines is 1. The van der Waals surface area contributed by atoms with Gasteiger partial charge in [0.1, 0.15) is 11.6 Å². The first-order valence-corrected chi connectivity index (χ1v) is 11.7. The number of rotatable bonds is 6. The van der Waals surface area contributed by atoms with E-state index in [0.717, 1.165) is 0 Å². The van der Waals surface area contributed by atoms with Crippen LogP contribution in [0.15, 0.2) is 98.5 Å². The van der Waals surface area contributed by atoms with Crippen LogP contribution < -0.4 is 11.0 Å². The van der Waals surface area contributed by atoms with Crippen molar-refractivity contribution in [2.24, 2.45) is 5.10 Å². The first kappa shape index (κ1) is 22.9. The molecule has 0 bridgehead atoms. The van der Waals surface area contributed by atoms with Gasteiger partial charge in [-0.15, -0.1) is 0 Å². The molecule has 0 saturated heterocycles. The van der Waals surface area contributed by atoms with Crippen LogP contribution in [0, 0.1) is 11.3 Å². The number of nitriles is 1. The Morgan fingerprint density at radius 2 is 1.59 bits per heavy atom. The van der Waals surface area contributed by atoms with Crippen LogP contribution in [0.2, 0.25) is 5.02 Å². The van der Waals surface area contributed by atoms with E-state index in [9.17, 15) is 18.5 Å². The molecular formula is C24H16ClN5O3S. The first-order valence-electron chi connectivity index (χ1n) is 9.88. The summed E-state index contributed by atoms with van der Waals surface area (Å²) < 4.78 is 25.5. The zero-order valence-electron chi connectivity index (χ0n) is 17.4. The maximum atomic E-state index is 12.7. The van der Waals surface area contributed by atoms with E-state index in [1.165, 1.54) is 42.6 Å². The Morgan fingerprint density at radius 3 is 2.21 bits per heavy atom. The smallest absolute Gasteiger partial charge is 0.270 e. The number of anilines is 1. The van der Waals surface area contributed by atoms with Gasteiger partial charge in [-0.2, -0.15) is 10.4 Å². The van der Waals surface area contributed by atoms with Crippen molar-refractivity contribution in [3.63, 3.8) is 0 Å². The van der Waals surface area contributed by atoms with Gasteiger partial charge in [0.25, 0.3) is 5.56 Å². The van der Waals surface area contributed by atoms with Crippen molar-refractivity contribution in [3.05, 3.63) is 105 Å². The molecule has 2 N–H and O–H groups in total. The van der Waals surface area contributed by atoms with E-state index in [1.807, 2.05) is 12.1 Å². The fraction of sp³-hybridized carbons (Fsp3) is 0. The summed E-state index contributed by atoms with van der Waals surface area (Å²) in [4.78, 5) is 19.3. The molecule has 1 heterocycles. The highest BCUT2D eigenvalue weighted by Crippen LogP contribution is 2.23. The molecular weight excluding hydrogens is 474 g/mol. The SMILES string of the molecule is N#Cc1c(-c2ccccc2)nc(NN=Cc2ccc(S(=O)(=O)c3ccc(Cl)cc3)cc2)[nH]c1=O. The van der Waals surface area contributed by atoms with Gasteiger partial charge in [-0.05, 0) is 42.0 Å². The maximum Gasteiger partial charge on any atom is 0.270 e. The first-order chi connectivity index (χ1) is 16.4. The zero-order chi connectivity index (χ0) is 24.1. The van der Waals surface area contributed by atoms with Crippen LogP contribution in [0.1, 0.15) is 11.1 Å². The number of benzene rings is 3. The van der Waals surface area contributed by atoms with Crippen molar-refractivity contribution in [1.29, 1.82) is 5.26 Å². The molecule has 0 unspecified atom stereocenters. The van der Waals surface area contributed by atoms with Crippen molar-refractivity contribution >= 4 is 33.6 Å². The van der Waals surface area contributed by atoms with E-state index < -0.39 is 15.4 Å². The lowest BCUT2D eigenvalue weighted by Crippen LogP contribution is -2.16. The molecule has 0 aliphatic carbocycles. The molecule has 0 amide bonds. The minimum atomic E-state index is -3.67. The molecule has 3 aromatic carbocycles. The van der Waals surface area contributed by atoms with Gasteiger partial charge in [-0.25, -0.2) is 18.8 Å². The van der Waals surface area contributed by atoms with E-state index in [-0.39, 0.29) is 27.0 Å². The molecule has 0 saturated carbocycles. The highest BCUT2D eigenvalue weighted by molar-refractivity contribution is 7.91. The average molecular weight is 490 g/mol. The Labute approximate surface area is 200 Å².